The Morgan fingerprint density at radius 2 is 1.38 bits per heavy atom. The summed E-state index contributed by atoms with van der Waals surface area (Å²) < 4.78 is 0.824. The predicted octanol–water partition coefficient (Wildman–Crippen LogP) is 6.91. The van der Waals surface area contributed by atoms with Crippen LogP contribution in [-0.4, -0.2) is 6.17 Å². The highest BCUT2D eigenvalue weighted by atomic mass is 127. The molecule has 0 amide bonds. The Hall–Kier alpha value is -1.85. The minimum atomic E-state index is 0.347. The maximum Gasteiger partial charge on any atom is 0.262 e. The lowest BCUT2D eigenvalue weighted by molar-refractivity contribution is 0.301. The summed E-state index contributed by atoms with van der Waals surface area (Å²) in [5.41, 5.74) is 6.90. The van der Waals surface area contributed by atoms with E-state index in [0.717, 1.165) is 2.70 Å². The standard InChI is InChI=1S/C23H22IN2/c1-16-17(2)23-25(18-10-4-3-5-11-18)20-13-7-9-15-22(20)26(23,24)21-14-8-6-12-19(16)21/h3-17,23H,1-2H3/q+1. The van der Waals surface area contributed by atoms with Gasteiger partial charge in [0, 0.05) is 29.3 Å². The SMILES string of the molecule is CC1c2ccccc2[N+]2(I)c3ccccc3N(c3ccccc3)C2C1C. The third-order valence-corrected chi connectivity index (χ3v) is 7.80. The van der Waals surface area contributed by atoms with Gasteiger partial charge in [0.05, 0.1) is 0 Å². The molecule has 2 aliphatic heterocycles. The van der Waals surface area contributed by atoms with Crippen LogP contribution < -0.4 is 7.60 Å². The van der Waals surface area contributed by atoms with Crippen molar-refractivity contribution in [2.45, 2.75) is 25.9 Å². The van der Waals surface area contributed by atoms with Gasteiger partial charge in [0.25, 0.3) is 22.9 Å². The first kappa shape index (κ1) is 16.3. The van der Waals surface area contributed by atoms with E-state index in [0.29, 0.717) is 18.0 Å². The highest BCUT2D eigenvalue weighted by Crippen LogP contribution is 2.62. The molecule has 0 radical (unpaired) electrons. The molecule has 0 N–H and O–H groups in total. The van der Waals surface area contributed by atoms with Crippen molar-refractivity contribution >= 4 is 45.6 Å². The molecule has 130 valence electrons. The Morgan fingerprint density at radius 1 is 0.769 bits per heavy atom. The van der Waals surface area contributed by atoms with Crippen molar-refractivity contribution in [3.8, 4) is 0 Å². The molecule has 0 aromatic heterocycles. The Balaban J connectivity index is 1.83. The van der Waals surface area contributed by atoms with E-state index < -0.39 is 0 Å². The number of halogens is 1. The van der Waals surface area contributed by atoms with Gasteiger partial charge in [0.1, 0.15) is 5.69 Å². The van der Waals surface area contributed by atoms with Crippen LogP contribution in [0.4, 0.5) is 22.7 Å². The van der Waals surface area contributed by atoms with E-state index in [-0.39, 0.29) is 0 Å². The second-order valence-corrected chi connectivity index (χ2v) is 8.97. The van der Waals surface area contributed by atoms with E-state index in [1.54, 1.807) is 0 Å². The molecular weight excluding hydrogens is 431 g/mol. The molecule has 2 nitrogen and oxygen atoms in total. The summed E-state index contributed by atoms with van der Waals surface area (Å²) in [5, 5.41) is 0. The maximum absolute atomic E-state index is 2.69. The van der Waals surface area contributed by atoms with Crippen molar-refractivity contribution in [3.63, 3.8) is 0 Å². The van der Waals surface area contributed by atoms with Gasteiger partial charge < -0.3 is 0 Å². The van der Waals surface area contributed by atoms with Gasteiger partial charge in [-0.05, 0) is 24.1 Å². The fraction of sp³-hybridized carbons (Fsp3) is 0.217. The second kappa shape index (κ2) is 5.83. The van der Waals surface area contributed by atoms with Crippen LogP contribution in [0.1, 0.15) is 25.3 Å². The van der Waals surface area contributed by atoms with E-state index in [4.69, 9.17) is 0 Å². The minimum Gasteiger partial charge on any atom is -0.285 e. The number of anilines is 2. The molecule has 0 spiro atoms. The number of hydrogen-bond acceptors (Lipinski definition) is 1. The molecule has 0 saturated carbocycles. The van der Waals surface area contributed by atoms with Crippen LogP contribution in [-0.2, 0) is 0 Å². The Morgan fingerprint density at radius 3 is 2.15 bits per heavy atom. The molecule has 4 unspecified atom stereocenters. The van der Waals surface area contributed by atoms with Gasteiger partial charge in [-0.1, -0.05) is 62.4 Å². The molecule has 0 aliphatic carbocycles. The first-order chi connectivity index (χ1) is 12.6. The molecule has 3 aromatic carbocycles. The topological polar surface area (TPSA) is 3.24 Å². The molecule has 3 heteroatoms. The van der Waals surface area contributed by atoms with Crippen molar-refractivity contribution in [3.05, 3.63) is 84.4 Å². The molecule has 0 bridgehead atoms. The number of nitrogens with zero attached hydrogens (tertiary/aromatic N) is 2. The molecular formula is C23H22IN2+. The summed E-state index contributed by atoms with van der Waals surface area (Å²) in [6, 6.07) is 28.8. The zero-order chi connectivity index (χ0) is 17.9. The van der Waals surface area contributed by atoms with Gasteiger partial charge in [-0.15, -0.1) is 0 Å². The van der Waals surface area contributed by atoms with Crippen molar-refractivity contribution in [2.24, 2.45) is 5.92 Å². The Kier molecular flexibility index (Phi) is 3.66. The largest absolute Gasteiger partial charge is 0.285 e. The van der Waals surface area contributed by atoms with E-state index in [2.05, 4.69) is 120 Å². The molecule has 3 aromatic rings. The molecule has 4 atom stereocenters. The van der Waals surface area contributed by atoms with Gasteiger partial charge >= 0.3 is 0 Å². The monoisotopic (exact) mass is 453 g/mol. The average molecular weight is 453 g/mol. The first-order valence-corrected chi connectivity index (χ1v) is 10.2. The van der Waals surface area contributed by atoms with Crippen LogP contribution >= 0.6 is 22.9 Å². The van der Waals surface area contributed by atoms with Crippen LogP contribution in [0.3, 0.4) is 0 Å². The first-order valence-electron chi connectivity index (χ1n) is 9.26. The Bertz CT molecular complexity index is 971. The van der Waals surface area contributed by atoms with Gasteiger partial charge in [0.2, 0.25) is 0 Å². The summed E-state index contributed by atoms with van der Waals surface area (Å²) in [6.45, 7) is 4.80. The molecule has 2 heterocycles. The van der Waals surface area contributed by atoms with E-state index >= 15 is 0 Å². The van der Waals surface area contributed by atoms with Crippen LogP contribution in [0, 0.1) is 5.92 Å². The van der Waals surface area contributed by atoms with Crippen LogP contribution in [0.2, 0.25) is 0 Å². The molecule has 26 heavy (non-hydrogen) atoms. The summed E-state index contributed by atoms with van der Waals surface area (Å²) in [5.74, 6) is 1.05. The van der Waals surface area contributed by atoms with Crippen LogP contribution in [0.5, 0.6) is 0 Å². The summed E-state index contributed by atoms with van der Waals surface area (Å²) in [6.07, 6.45) is 0.347. The average Bonchev–Trinajstić information content (AvgIpc) is 2.97. The third-order valence-electron chi connectivity index (χ3n) is 6.19. The van der Waals surface area contributed by atoms with E-state index in [1.165, 1.54) is 28.3 Å². The molecule has 2 aliphatic rings. The summed E-state index contributed by atoms with van der Waals surface area (Å²) >= 11 is 2.69. The van der Waals surface area contributed by atoms with Crippen molar-refractivity contribution < 1.29 is 0 Å². The fourth-order valence-electron chi connectivity index (χ4n) is 4.81. The van der Waals surface area contributed by atoms with E-state index in [9.17, 15) is 0 Å². The Labute approximate surface area is 169 Å². The number of para-hydroxylation sites is 4. The molecule has 5 rings (SSSR count). The lowest BCUT2D eigenvalue weighted by Crippen LogP contribution is -2.55. The maximum atomic E-state index is 2.69. The predicted molar refractivity (Wildman–Crippen MR) is 118 cm³/mol. The summed E-state index contributed by atoms with van der Waals surface area (Å²) in [7, 11) is 0. The number of fused-ring (bicyclic) bond motifs is 5. The van der Waals surface area contributed by atoms with Crippen LogP contribution in [0.25, 0.3) is 0 Å². The van der Waals surface area contributed by atoms with E-state index in [1.807, 2.05) is 0 Å². The third kappa shape index (κ3) is 2.01. The fourth-order valence-corrected chi connectivity index (χ4v) is 6.41. The zero-order valence-electron chi connectivity index (χ0n) is 15.0. The van der Waals surface area contributed by atoms with Gasteiger partial charge in [-0.25, -0.2) is 0 Å². The minimum absolute atomic E-state index is 0.347. The zero-order valence-corrected chi connectivity index (χ0v) is 17.2. The van der Waals surface area contributed by atoms with Crippen molar-refractivity contribution in [1.82, 2.24) is 2.70 Å². The highest BCUT2D eigenvalue weighted by molar-refractivity contribution is 14.1. The number of quaternary nitrogens is 1. The molecule has 0 saturated heterocycles. The number of hydrogen-bond donors (Lipinski definition) is 0. The molecule has 0 fully saturated rings. The lowest BCUT2D eigenvalue weighted by atomic mass is 9.81. The normalized spacial score (nSPS) is 29.0. The van der Waals surface area contributed by atoms with Gasteiger partial charge in [-0.2, -0.15) is 2.70 Å². The lowest BCUT2D eigenvalue weighted by Gasteiger charge is -2.45. The van der Waals surface area contributed by atoms with Crippen molar-refractivity contribution in [2.75, 3.05) is 4.90 Å². The van der Waals surface area contributed by atoms with Gasteiger partial charge in [-0.3, -0.25) is 4.90 Å². The van der Waals surface area contributed by atoms with Crippen LogP contribution in [0.15, 0.2) is 78.9 Å². The van der Waals surface area contributed by atoms with Gasteiger partial charge in [0.15, 0.2) is 17.5 Å². The highest BCUT2D eigenvalue weighted by Gasteiger charge is 2.59. The number of rotatable bonds is 1. The quantitative estimate of drug-likeness (QED) is 0.286. The second-order valence-electron chi connectivity index (χ2n) is 7.45. The van der Waals surface area contributed by atoms with Crippen molar-refractivity contribution in [1.29, 1.82) is 0 Å². The number of benzene rings is 3. The summed E-state index contributed by atoms with van der Waals surface area (Å²) in [4.78, 5) is 2.57. The smallest absolute Gasteiger partial charge is 0.262 e.